The molecule has 0 heterocycles. The minimum absolute atomic E-state index is 0.0748. The minimum Gasteiger partial charge on any atom is -0.506 e. The first-order valence-corrected chi connectivity index (χ1v) is 6.17. The summed E-state index contributed by atoms with van der Waals surface area (Å²) in [5, 5.41) is 8.91. The quantitative estimate of drug-likeness (QED) is 0.477. The molecule has 0 spiro atoms. The number of benzene rings is 2. The highest BCUT2D eigenvalue weighted by molar-refractivity contribution is 5.68. The molecule has 2 aromatic carbocycles. The molecule has 0 amide bonds. The first-order chi connectivity index (χ1) is 10.3. The van der Waals surface area contributed by atoms with Crippen molar-refractivity contribution in [3.63, 3.8) is 0 Å². The van der Waals surface area contributed by atoms with Gasteiger partial charge in [0, 0.05) is 5.56 Å². The van der Waals surface area contributed by atoms with Gasteiger partial charge in [-0.2, -0.15) is 0 Å². The SMILES string of the molecule is [C-]#[N+]/C(C#N)=C(/OC)c1ccc(Oc2ccccc2)cc1. The second-order valence-electron chi connectivity index (χ2n) is 4.04. The van der Waals surface area contributed by atoms with Crippen molar-refractivity contribution in [3.05, 3.63) is 77.3 Å². The number of nitrogens with zero attached hydrogens (tertiary/aromatic N) is 2. The third kappa shape index (κ3) is 3.40. The molecule has 2 rings (SSSR count). The monoisotopic (exact) mass is 276 g/mol. The van der Waals surface area contributed by atoms with Crippen molar-refractivity contribution in [1.82, 2.24) is 0 Å². The molecule has 0 aromatic heterocycles. The Morgan fingerprint density at radius 2 is 1.67 bits per heavy atom. The number of hydrogen-bond acceptors (Lipinski definition) is 3. The van der Waals surface area contributed by atoms with Gasteiger partial charge in [-0.15, -0.1) is 0 Å². The Bertz CT molecular complexity index is 704. The summed E-state index contributed by atoms with van der Waals surface area (Å²) < 4.78 is 10.8. The van der Waals surface area contributed by atoms with Crippen molar-refractivity contribution in [2.45, 2.75) is 0 Å². The number of ether oxygens (including phenoxy) is 2. The fourth-order valence-electron chi connectivity index (χ4n) is 1.78. The molecule has 0 bridgehead atoms. The number of nitriles is 1. The molecule has 0 saturated carbocycles. The third-order valence-electron chi connectivity index (χ3n) is 2.73. The molecule has 0 N–H and O–H groups in total. The van der Waals surface area contributed by atoms with E-state index in [-0.39, 0.29) is 11.5 Å². The summed E-state index contributed by atoms with van der Waals surface area (Å²) in [6, 6.07) is 18.3. The Morgan fingerprint density at radius 1 is 1.05 bits per heavy atom. The van der Waals surface area contributed by atoms with E-state index in [9.17, 15) is 0 Å². The summed E-state index contributed by atoms with van der Waals surface area (Å²) in [6.07, 6.45) is 0. The van der Waals surface area contributed by atoms with Gasteiger partial charge in [0.05, 0.1) is 19.8 Å². The lowest BCUT2D eigenvalue weighted by Gasteiger charge is -2.09. The van der Waals surface area contributed by atoms with Crippen LogP contribution >= 0.6 is 0 Å². The largest absolute Gasteiger partial charge is 0.506 e. The molecule has 0 saturated heterocycles. The highest BCUT2D eigenvalue weighted by atomic mass is 16.5. The Hall–Kier alpha value is -3.24. The first-order valence-electron chi connectivity index (χ1n) is 6.17. The van der Waals surface area contributed by atoms with Gasteiger partial charge in [0.1, 0.15) is 17.3 Å². The maximum atomic E-state index is 8.91. The molecule has 4 nitrogen and oxygen atoms in total. The lowest BCUT2D eigenvalue weighted by atomic mass is 10.1. The molecular formula is C17H12N2O2. The van der Waals surface area contributed by atoms with Gasteiger partial charge in [-0.05, 0) is 36.4 Å². The third-order valence-corrected chi connectivity index (χ3v) is 2.73. The maximum absolute atomic E-state index is 8.91. The van der Waals surface area contributed by atoms with E-state index >= 15 is 0 Å². The number of methoxy groups -OCH3 is 1. The fraction of sp³-hybridized carbons (Fsp3) is 0.0588. The lowest BCUT2D eigenvalue weighted by molar-refractivity contribution is 0.368. The van der Waals surface area contributed by atoms with E-state index in [2.05, 4.69) is 4.85 Å². The van der Waals surface area contributed by atoms with E-state index in [0.717, 1.165) is 5.75 Å². The van der Waals surface area contributed by atoms with Gasteiger partial charge < -0.3 is 9.47 Å². The molecule has 102 valence electrons. The Kier molecular flexibility index (Phi) is 4.58. The Morgan fingerprint density at radius 3 is 2.19 bits per heavy atom. The Balaban J connectivity index is 2.26. The molecule has 21 heavy (non-hydrogen) atoms. The number of allylic oxidation sites excluding steroid dienone is 1. The molecule has 0 aliphatic rings. The van der Waals surface area contributed by atoms with Crippen LogP contribution in [0.3, 0.4) is 0 Å². The van der Waals surface area contributed by atoms with Crippen LogP contribution in [0.15, 0.2) is 60.3 Å². The molecule has 0 fully saturated rings. The summed E-state index contributed by atoms with van der Waals surface area (Å²) in [6.45, 7) is 6.97. The van der Waals surface area contributed by atoms with Crippen molar-refractivity contribution in [1.29, 1.82) is 5.26 Å². The fourth-order valence-corrected chi connectivity index (χ4v) is 1.78. The predicted molar refractivity (Wildman–Crippen MR) is 79.1 cm³/mol. The Labute approximate surface area is 123 Å². The van der Waals surface area contributed by atoms with Gasteiger partial charge in [-0.1, -0.05) is 18.2 Å². The summed E-state index contributed by atoms with van der Waals surface area (Å²) >= 11 is 0. The maximum Gasteiger partial charge on any atom is 0.303 e. The van der Waals surface area contributed by atoms with Crippen molar-refractivity contribution in [3.8, 4) is 17.6 Å². The average Bonchev–Trinajstić information content (AvgIpc) is 2.54. The number of hydrogen-bond donors (Lipinski definition) is 0. The molecule has 2 aromatic rings. The van der Waals surface area contributed by atoms with E-state index in [1.165, 1.54) is 7.11 Å². The normalized spacial score (nSPS) is 10.8. The van der Waals surface area contributed by atoms with E-state index in [4.69, 9.17) is 21.3 Å². The standard InChI is InChI=1S/C17H12N2O2/c1-19-16(12-18)17(20-2)13-8-10-15(11-9-13)21-14-6-4-3-5-7-14/h3-11H,2H3/b17-16+. The minimum atomic E-state index is -0.0748. The molecule has 4 heteroatoms. The van der Waals surface area contributed by atoms with E-state index < -0.39 is 0 Å². The predicted octanol–water partition coefficient (Wildman–Crippen LogP) is 4.24. The van der Waals surface area contributed by atoms with Crippen LogP contribution in [0.4, 0.5) is 0 Å². The average molecular weight is 276 g/mol. The van der Waals surface area contributed by atoms with Gasteiger partial charge in [-0.3, -0.25) is 0 Å². The molecule has 0 aliphatic heterocycles. The van der Waals surface area contributed by atoms with Crippen LogP contribution < -0.4 is 4.74 Å². The van der Waals surface area contributed by atoms with Crippen LogP contribution in [-0.2, 0) is 4.74 Å². The van der Waals surface area contributed by atoms with Crippen LogP contribution in [0, 0.1) is 17.9 Å². The molecule has 0 atom stereocenters. The van der Waals surface area contributed by atoms with E-state index in [1.807, 2.05) is 36.4 Å². The molecule has 0 radical (unpaired) electrons. The topological polar surface area (TPSA) is 46.6 Å². The summed E-state index contributed by atoms with van der Waals surface area (Å²) in [5.74, 6) is 1.67. The summed E-state index contributed by atoms with van der Waals surface area (Å²) in [5.41, 5.74) is 0.583. The smallest absolute Gasteiger partial charge is 0.303 e. The van der Waals surface area contributed by atoms with Gasteiger partial charge in [0.15, 0.2) is 0 Å². The molecule has 0 unspecified atom stereocenters. The van der Waals surface area contributed by atoms with Crippen LogP contribution in [0.5, 0.6) is 11.5 Å². The number of para-hydroxylation sites is 1. The summed E-state index contributed by atoms with van der Waals surface area (Å²) in [7, 11) is 1.44. The zero-order valence-corrected chi connectivity index (χ0v) is 11.4. The van der Waals surface area contributed by atoms with Crippen LogP contribution in [-0.4, -0.2) is 7.11 Å². The zero-order chi connectivity index (χ0) is 15.1. The van der Waals surface area contributed by atoms with Crippen molar-refractivity contribution in [2.24, 2.45) is 0 Å². The van der Waals surface area contributed by atoms with Gasteiger partial charge >= 0.3 is 5.70 Å². The highest BCUT2D eigenvalue weighted by Gasteiger charge is 2.10. The van der Waals surface area contributed by atoms with Crippen molar-refractivity contribution in [2.75, 3.05) is 7.11 Å². The van der Waals surface area contributed by atoms with Gasteiger partial charge in [-0.25, -0.2) is 10.1 Å². The van der Waals surface area contributed by atoms with Crippen LogP contribution in [0.2, 0.25) is 0 Å². The molecule has 0 aliphatic carbocycles. The summed E-state index contributed by atoms with van der Waals surface area (Å²) in [4.78, 5) is 3.16. The van der Waals surface area contributed by atoms with E-state index in [0.29, 0.717) is 11.3 Å². The van der Waals surface area contributed by atoms with E-state index in [1.54, 1.807) is 24.3 Å². The zero-order valence-electron chi connectivity index (χ0n) is 11.4. The first kappa shape index (κ1) is 14.2. The van der Waals surface area contributed by atoms with Gasteiger partial charge in [0.25, 0.3) is 0 Å². The molecular weight excluding hydrogens is 264 g/mol. The second-order valence-corrected chi connectivity index (χ2v) is 4.04. The highest BCUT2D eigenvalue weighted by Crippen LogP contribution is 2.25. The number of rotatable bonds is 4. The van der Waals surface area contributed by atoms with Crippen molar-refractivity contribution >= 4 is 5.76 Å². The van der Waals surface area contributed by atoms with Gasteiger partial charge in [0.2, 0.25) is 0 Å². The van der Waals surface area contributed by atoms with Crippen LogP contribution in [0.25, 0.3) is 10.6 Å². The van der Waals surface area contributed by atoms with Crippen LogP contribution in [0.1, 0.15) is 5.56 Å². The van der Waals surface area contributed by atoms with Crippen molar-refractivity contribution < 1.29 is 9.47 Å². The second kappa shape index (κ2) is 6.79. The lowest BCUT2D eigenvalue weighted by Crippen LogP contribution is -1.91.